The lowest BCUT2D eigenvalue weighted by Crippen LogP contribution is -2.28. The third-order valence-corrected chi connectivity index (χ3v) is 3.71. The van der Waals surface area contributed by atoms with E-state index in [0.717, 1.165) is 24.7 Å². The molecule has 1 unspecified atom stereocenters. The Bertz CT molecular complexity index is 197. The third-order valence-electron chi connectivity index (χ3n) is 3.26. The topological polar surface area (TPSA) is 29.1 Å². The average molecular weight is 320 g/mol. The summed E-state index contributed by atoms with van der Waals surface area (Å²) >= 11 is 3.42. The number of amides is 1. The first-order chi connectivity index (χ1) is 8.70. The molecule has 0 fully saturated rings. The number of unbranched alkanes of at least 4 members (excludes halogenated alkanes) is 6. The maximum absolute atomic E-state index is 11.6. The molecule has 108 valence electrons. The van der Waals surface area contributed by atoms with E-state index in [9.17, 15) is 4.79 Å². The normalized spacial score (nSPS) is 12.4. The summed E-state index contributed by atoms with van der Waals surface area (Å²) in [5, 5.41) is 4.03. The summed E-state index contributed by atoms with van der Waals surface area (Å²) < 4.78 is 0. The number of halogens is 1. The van der Waals surface area contributed by atoms with Gasteiger partial charge in [0, 0.05) is 18.3 Å². The molecule has 2 nitrogen and oxygen atoms in total. The van der Waals surface area contributed by atoms with Crippen LogP contribution >= 0.6 is 15.9 Å². The standard InChI is InChI=1S/C15H30BrNO/c1-3-4-5-6-7-8-9-10-15(18)17-13-14(2)11-12-16/h14H,3-13H2,1-2H3,(H,17,18). The van der Waals surface area contributed by atoms with Crippen LogP contribution < -0.4 is 5.32 Å². The van der Waals surface area contributed by atoms with Crippen LogP contribution in [0.5, 0.6) is 0 Å². The molecule has 0 aliphatic rings. The van der Waals surface area contributed by atoms with Crippen molar-refractivity contribution in [2.45, 2.75) is 71.6 Å². The van der Waals surface area contributed by atoms with E-state index in [4.69, 9.17) is 0 Å². The first-order valence-corrected chi connectivity index (χ1v) is 8.65. The van der Waals surface area contributed by atoms with Gasteiger partial charge in [-0.05, 0) is 18.8 Å². The zero-order valence-corrected chi connectivity index (χ0v) is 13.7. The Morgan fingerprint density at radius 1 is 1.11 bits per heavy atom. The van der Waals surface area contributed by atoms with Gasteiger partial charge in [0.05, 0.1) is 0 Å². The van der Waals surface area contributed by atoms with Crippen molar-refractivity contribution in [3.63, 3.8) is 0 Å². The first-order valence-electron chi connectivity index (χ1n) is 7.53. The van der Waals surface area contributed by atoms with Gasteiger partial charge in [-0.2, -0.15) is 0 Å². The molecule has 0 aromatic carbocycles. The van der Waals surface area contributed by atoms with Gasteiger partial charge in [0.15, 0.2) is 0 Å². The highest BCUT2D eigenvalue weighted by atomic mass is 79.9. The summed E-state index contributed by atoms with van der Waals surface area (Å²) in [6.07, 6.45) is 10.7. The van der Waals surface area contributed by atoms with E-state index < -0.39 is 0 Å². The number of nitrogens with one attached hydrogen (secondary N) is 1. The minimum Gasteiger partial charge on any atom is -0.356 e. The molecule has 0 aliphatic heterocycles. The highest BCUT2D eigenvalue weighted by molar-refractivity contribution is 9.09. The molecule has 1 N–H and O–H groups in total. The molecule has 0 saturated carbocycles. The Morgan fingerprint density at radius 3 is 2.33 bits per heavy atom. The molecule has 0 rings (SSSR count). The lowest BCUT2D eigenvalue weighted by atomic mass is 10.1. The van der Waals surface area contributed by atoms with Crippen LogP contribution in [0.1, 0.15) is 71.6 Å². The summed E-state index contributed by atoms with van der Waals surface area (Å²) in [5.41, 5.74) is 0. The van der Waals surface area contributed by atoms with Gasteiger partial charge in [-0.15, -0.1) is 0 Å². The molecule has 0 aliphatic carbocycles. The van der Waals surface area contributed by atoms with Gasteiger partial charge in [-0.3, -0.25) is 4.79 Å². The minimum atomic E-state index is 0.227. The number of carbonyl (C=O) groups is 1. The summed E-state index contributed by atoms with van der Waals surface area (Å²) in [7, 11) is 0. The van der Waals surface area contributed by atoms with Crippen molar-refractivity contribution in [2.75, 3.05) is 11.9 Å². The fourth-order valence-electron chi connectivity index (χ4n) is 1.91. The number of hydrogen-bond donors (Lipinski definition) is 1. The molecule has 0 aromatic rings. The van der Waals surface area contributed by atoms with Gasteiger partial charge in [0.2, 0.25) is 5.91 Å². The van der Waals surface area contributed by atoms with Crippen LogP contribution in [-0.4, -0.2) is 17.8 Å². The average Bonchev–Trinajstić information content (AvgIpc) is 2.35. The highest BCUT2D eigenvalue weighted by Gasteiger charge is 2.04. The van der Waals surface area contributed by atoms with Crippen LogP contribution in [0.3, 0.4) is 0 Å². The lowest BCUT2D eigenvalue weighted by Gasteiger charge is -2.10. The fraction of sp³-hybridized carbons (Fsp3) is 0.933. The molecule has 1 atom stereocenters. The van der Waals surface area contributed by atoms with Crippen LogP contribution in [-0.2, 0) is 4.79 Å². The molecule has 0 spiro atoms. The van der Waals surface area contributed by atoms with Crippen molar-refractivity contribution in [3.05, 3.63) is 0 Å². The molecule has 18 heavy (non-hydrogen) atoms. The van der Waals surface area contributed by atoms with E-state index in [-0.39, 0.29) is 5.91 Å². The maximum Gasteiger partial charge on any atom is 0.220 e. The second-order valence-electron chi connectivity index (χ2n) is 5.26. The van der Waals surface area contributed by atoms with Crippen molar-refractivity contribution >= 4 is 21.8 Å². The van der Waals surface area contributed by atoms with Crippen LogP contribution in [0.25, 0.3) is 0 Å². The number of carbonyl (C=O) groups excluding carboxylic acids is 1. The van der Waals surface area contributed by atoms with Crippen molar-refractivity contribution in [1.82, 2.24) is 5.32 Å². The van der Waals surface area contributed by atoms with E-state index in [1.807, 2.05) is 0 Å². The van der Waals surface area contributed by atoms with E-state index in [1.165, 1.54) is 38.5 Å². The molecular formula is C15H30BrNO. The van der Waals surface area contributed by atoms with E-state index >= 15 is 0 Å². The molecule has 0 saturated heterocycles. The van der Waals surface area contributed by atoms with Gasteiger partial charge < -0.3 is 5.32 Å². The quantitative estimate of drug-likeness (QED) is 0.411. The van der Waals surface area contributed by atoms with E-state index in [2.05, 4.69) is 35.1 Å². The Morgan fingerprint density at radius 2 is 1.72 bits per heavy atom. The fourth-order valence-corrected chi connectivity index (χ4v) is 2.69. The summed E-state index contributed by atoms with van der Waals surface area (Å²) in [4.78, 5) is 11.6. The number of alkyl halides is 1. The van der Waals surface area contributed by atoms with Crippen molar-refractivity contribution in [1.29, 1.82) is 0 Å². The SMILES string of the molecule is CCCCCCCCCC(=O)NCC(C)CCBr. The summed E-state index contributed by atoms with van der Waals surface area (Å²) in [5.74, 6) is 0.798. The Hall–Kier alpha value is -0.0500. The number of rotatable bonds is 12. The second kappa shape index (κ2) is 13.4. The number of hydrogen-bond acceptors (Lipinski definition) is 1. The Balaban J connectivity index is 3.26. The second-order valence-corrected chi connectivity index (χ2v) is 6.05. The van der Waals surface area contributed by atoms with Gasteiger partial charge in [-0.1, -0.05) is 68.3 Å². The zero-order chi connectivity index (χ0) is 13.6. The predicted octanol–water partition coefficient (Wildman–Crippen LogP) is 4.66. The largest absolute Gasteiger partial charge is 0.356 e. The minimum absolute atomic E-state index is 0.227. The van der Waals surface area contributed by atoms with Crippen molar-refractivity contribution < 1.29 is 4.79 Å². The molecule has 0 bridgehead atoms. The van der Waals surface area contributed by atoms with Gasteiger partial charge in [0.25, 0.3) is 0 Å². The molecule has 0 aromatic heterocycles. The van der Waals surface area contributed by atoms with E-state index in [1.54, 1.807) is 0 Å². The van der Waals surface area contributed by atoms with Gasteiger partial charge in [0.1, 0.15) is 0 Å². The smallest absolute Gasteiger partial charge is 0.220 e. The monoisotopic (exact) mass is 319 g/mol. The molecule has 0 radical (unpaired) electrons. The third kappa shape index (κ3) is 12.4. The van der Waals surface area contributed by atoms with E-state index in [0.29, 0.717) is 12.3 Å². The Labute approximate surface area is 121 Å². The molecule has 3 heteroatoms. The van der Waals surface area contributed by atoms with Gasteiger partial charge >= 0.3 is 0 Å². The van der Waals surface area contributed by atoms with Crippen LogP contribution in [0.4, 0.5) is 0 Å². The summed E-state index contributed by atoms with van der Waals surface area (Å²) in [6.45, 7) is 5.23. The summed E-state index contributed by atoms with van der Waals surface area (Å²) in [6, 6.07) is 0. The van der Waals surface area contributed by atoms with Crippen LogP contribution in [0.2, 0.25) is 0 Å². The maximum atomic E-state index is 11.6. The molecular weight excluding hydrogens is 290 g/mol. The molecule has 0 heterocycles. The molecule has 1 amide bonds. The Kier molecular flexibility index (Phi) is 13.3. The van der Waals surface area contributed by atoms with Crippen molar-refractivity contribution in [3.8, 4) is 0 Å². The first kappa shape index (κ1) is 17.9. The van der Waals surface area contributed by atoms with Crippen LogP contribution in [0.15, 0.2) is 0 Å². The lowest BCUT2D eigenvalue weighted by molar-refractivity contribution is -0.121. The highest BCUT2D eigenvalue weighted by Crippen LogP contribution is 2.08. The zero-order valence-electron chi connectivity index (χ0n) is 12.1. The van der Waals surface area contributed by atoms with Gasteiger partial charge in [-0.25, -0.2) is 0 Å². The predicted molar refractivity (Wildman–Crippen MR) is 83.2 cm³/mol. The van der Waals surface area contributed by atoms with Crippen LogP contribution in [0, 0.1) is 5.92 Å². The van der Waals surface area contributed by atoms with Crippen molar-refractivity contribution in [2.24, 2.45) is 5.92 Å².